The van der Waals surface area contributed by atoms with Crippen LogP contribution in [0.15, 0.2) is 41.1 Å². The first kappa shape index (κ1) is 11.1. The Labute approximate surface area is 103 Å². The molecule has 0 saturated carbocycles. The Balaban J connectivity index is 2.08. The number of nitrogens with zero attached hydrogens (tertiary/aromatic N) is 2. The monoisotopic (exact) mass is 277 g/mol. The van der Waals surface area contributed by atoms with E-state index in [1.165, 1.54) is 5.56 Å². The van der Waals surface area contributed by atoms with Gasteiger partial charge >= 0.3 is 0 Å². The molecule has 1 N–H and O–H groups in total. The molecule has 1 heterocycles. The second-order valence-corrected chi connectivity index (χ2v) is 4.25. The van der Waals surface area contributed by atoms with Gasteiger partial charge in [-0.05, 0) is 40.5 Å². The minimum atomic E-state index is 0.628. The van der Waals surface area contributed by atoms with Gasteiger partial charge in [-0.1, -0.05) is 12.1 Å². The van der Waals surface area contributed by atoms with Crippen molar-refractivity contribution in [2.75, 3.05) is 5.32 Å². The van der Waals surface area contributed by atoms with Crippen molar-refractivity contribution in [3.63, 3.8) is 0 Å². The lowest BCUT2D eigenvalue weighted by Crippen LogP contribution is -2.04. The fourth-order valence-corrected chi connectivity index (χ4v) is 1.78. The van der Waals surface area contributed by atoms with Gasteiger partial charge in [0.2, 0.25) is 0 Å². The Hall–Kier alpha value is -1.42. The molecule has 0 amide bonds. The summed E-state index contributed by atoms with van der Waals surface area (Å²) in [5, 5.41) is 3.30. The zero-order valence-electron chi connectivity index (χ0n) is 8.94. The maximum Gasteiger partial charge on any atom is 0.147 e. The SMILES string of the molecule is Cc1cccc(NCc2ncccn2)c1Br. The maximum atomic E-state index is 4.16. The van der Waals surface area contributed by atoms with Crippen LogP contribution in [0.2, 0.25) is 0 Å². The number of hydrogen-bond acceptors (Lipinski definition) is 3. The molecule has 2 aromatic rings. The van der Waals surface area contributed by atoms with Crippen LogP contribution < -0.4 is 5.32 Å². The summed E-state index contributed by atoms with van der Waals surface area (Å²) in [6.45, 7) is 2.69. The molecule has 0 atom stereocenters. The second kappa shape index (κ2) is 5.07. The Bertz CT molecular complexity index is 471. The van der Waals surface area contributed by atoms with E-state index < -0.39 is 0 Å². The molecule has 0 aliphatic carbocycles. The molecule has 0 fully saturated rings. The van der Waals surface area contributed by atoms with E-state index in [4.69, 9.17) is 0 Å². The molecule has 0 spiro atoms. The molecule has 3 nitrogen and oxygen atoms in total. The number of aryl methyl sites for hydroxylation is 1. The first-order valence-corrected chi connectivity index (χ1v) is 5.81. The summed E-state index contributed by atoms with van der Waals surface area (Å²) in [6, 6.07) is 7.93. The molecule has 0 aliphatic rings. The molecular weight excluding hydrogens is 266 g/mol. The molecule has 0 saturated heterocycles. The van der Waals surface area contributed by atoms with Gasteiger partial charge in [-0.2, -0.15) is 0 Å². The van der Waals surface area contributed by atoms with Crippen molar-refractivity contribution in [2.45, 2.75) is 13.5 Å². The van der Waals surface area contributed by atoms with Gasteiger partial charge in [0.1, 0.15) is 5.82 Å². The quantitative estimate of drug-likeness (QED) is 0.937. The van der Waals surface area contributed by atoms with Crippen molar-refractivity contribution >= 4 is 21.6 Å². The zero-order valence-corrected chi connectivity index (χ0v) is 10.5. The van der Waals surface area contributed by atoms with E-state index in [0.717, 1.165) is 16.0 Å². The van der Waals surface area contributed by atoms with Crippen molar-refractivity contribution in [1.29, 1.82) is 0 Å². The van der Waals surface area contributed by atoms with Crippen LogP contribution in [0.3, 0.4) is 0 Å². The van der Waals surface area contributed by atoms with Crippen LogP contribution in [0.25, 0.3) is 0 Å². The van der Waals surface area contributed by atoms with Crippen molar-refractivity contribution < 1.29 is 0 Å². The summed E-state index contributed by atoms with van der Waals surface area (Å²) in [5.41, 5.74) is 2.27. The molecule has 0 aliphatic heterocycles. The third kappa shape index (κ3) is 2.58. The number of aromatic nitrogens is 2. The minimum Gasteiger partial charge on any atom is -0.377 e. The van der Waals surface area contributed by atoms with Gasteiger partial charge in [-0.3, -0.25) is 0 Å². The third-order valence-corrected chi connectivity index (χ3v) is 3.30. The predicted octanol–water partition coefficient (Wildman–Crippen LogP) is 3.16. The van der Waals surface area contributed by atoms with Gasteiger partial charge in [0, 0.05) is 22.6 Å². The topological polar surface area (TPSA) is 37.8 Å². The first-order valence-electron chi connectivity index (χ1n) is 5.02. The first-order chi connectivity index (χ1) is 7.77. The van der Waals surface area contributed by atoms with E-state index in [9.17, 15) is 0 Å². The van der Waals surface area contributed by atoms with E-state index >= 15 is 0 Å². The zero-order chi connectivity index (χ0) is 11.4. The third-order valence-electron chi connectivity index (χ3n) is 2.25. The van der Waals surface area contributed by atoms with E-state index in [1.807, 2.05) is 18.2 Å². The number of benzene rings is 1. The molecule has 1 aromatic heterocycles. The van der Waals surface area contributed by atoms with Crippen molar-refractivity contribution in [3.8, 4) is 0 Å². The highest BCUT2D eigenvalue weighted by atomic mass is 79.9. The summed E-state index contributed by atoms with van der Waals surface area (Å²) < 4.78 is 1.09. The van der Waals surface area contributed by atoms with Gasteiger partial charge < -0.3 is 5.32 Å². The fourth-order valence-electron chi connectivity index (χ4n) is 1.38. The molecule has 2 rings (SSSR count). The fraction of sp³-hybridized carbons (Fsp3) is 0.167. The summed E-state index contributed by atoms with van der Waals surface area (Å²) in [5.74, 6) is 0.788. The Kier molecular flexibility index (Phi) is 3.51. The van der Waals surface area contributed by atoms with Gasteiger partial charge in [0.15, 0.2) is 0 Å². The summed E-state index contributed by atoms with van der Waals surface area (Å²) >= 11 is 3.55. The maximum absolute atomic E-state index is 4.16. The molecule has 0 bridgehead atoms. The normalized spacial score (nSPS) is 10.1. The molecule has 4 heteroatoms. The molecule has 1 aromatic carbocycles. The summed E-state index contributed by atoms with van der Waals surface area (Å²) in [7, 11) is 0. The Morgan fingerprint density at radius 1 is 1.19 bits per heavy atom. The van der Waals surface area contributed by atoms with Crippen LogP contribution in [-0.2, 0) is 6.54 Å². The van der Waals surface area contributed by atoms with Gasteiger partial charge in [0.25, 0.3) is 0 Å². The van der Waals surface area contributed by atoms with E-state index in [1.54, 1.807) is 12.4 Å². The lowest BCUT2D eigenvalue weighted by molar-refractivity contribution is 0.947. The summed E-state index contributed by atoms with van der Waals surface area (Å²) in [4.78, 5) is 8.31. The highest BCUT2D eigenvalue weighted by Gasteiger charge is 2.02. The summed E-state index contributed by atoms with van der Waals surface area (Å²) in [6.07, 6.45) is 3.49. The van der Waals surface area contributed by atoms with Crippen LogP contribution in [0.5, 0.6) is 0 Å². The van der Waals surface area contributed by atoms with Crippen molar-refractivity contribution in [2.24, 2.45) is 0 Å². The van der Waals surface area contributed by atoms with E-state index in [-0.39, 0.29) is 0 Å². The average Bonchev–Trinajstić information content (AvgIpc) is 2.32. The molecule has 0 radical (unpaired) electrons. The molecule has 82 valence electrons. The molecular formula is C12H12BrN3. The van der Waals surface area contributed by atoms with E-state index in [2.05, 4.69) is 44.2 Å². The number of anilines is 1. The van der Waals surface area contributed by atoms with Crippen LogP contribution in [0.1, 0.15) is 11.4 Å². The van der Waals surface area contributed by atoms with Crippen molar-refractivity contribution in [1.82, 2.24) is 9.97 Å². The number of halogens is 1. The highest BCUT2D eigenvalue weighted by molar-refractivity contribution is 9.10. The van der Waals surface area contributed by atoms with Crippen LogP contribution >= 0.6 is 15.9 Å². The minimum absolute atomic E-state index is 0.628. The van der Waals surface area contributed by atoms with Crippen molar-refractivity contribution in [3.05, 3.63) is 52.5 Å². The van der Waals surface area contributed by atoms with Gasteiger partial charge in [-0.25, -0.2) is 9.97 Å². The Morgan fingerprint density at radius 2 is 1.94 bits per heavy atom. The highest BCUT2D eigenvalue weighted by Crippen LogP contribution is 2.25. The van der Waals surface area contributed by atoms with E-state index in [0.29, 0.717) is 6.54 Å². The van der Waals surface area contributed by atoms with Crippen LogP contribution in [0, 0.1) is 6.92 Å². The second-order valence-electron chi connectivity index (χ2n) is 3.46. The molecule has 0 unspecified atom stereocenters. The lowest BCUT2D eigenvalue weighted by atomic mass is 10.2. The van der Waals surface area contributed by atoms with Crippen LogP contribution in [0.4, 0.5) is 5.69 Å². The number of rotatable bonds is 3. The number of nitrogens with one attached hydrogen (secondary N) is 1. The molecule has 16 heavy (non-hydrogen) atoms. The standard InChI is InChI=1S/C12H12BrN3/c1-9-4-2-5-10(12(9)13)16-8-11-14-6-3-7-15-11/h2-7,16H,8H2,1H3. The largest absolute Gasteiger partial charge is 0.377 e. The smallest absolute Gasteiger partial charge is 0.147 e. The van der Waals surface area contributed by atoms with Crippen LogP contribution in [-0.4, -0.2) is 9.97 Å². The van der Waals surface area contributed by atoms with Gasteiger partial charge in [0.05, 0.1) is 6.54 Å². The number of hydrogen-bond donors (Lipinski definition) is 1. The predicted molar refractivity (Wildman–Crippen MR) is 68.2 cm³/mol. The van der Waals surface area contributed by atoms with Gasteiger partial charge in [-0.15, -0.1) is 0 Å². The lowest BCUT2D eigenvalue weighted by Gasteiger charge is -2.09. The Morgan fingerprint density at radius 3 is 2.69 bits per heavy atom. The average molecular weight is 278 g/mol.